The van der Waals surface area contributed by atoms with Gasteiger partial charge in [0, 0.05) is 12.6 Å². The Morgan fingerprint density at radius 1 is 0.886 bits per heavy atom. The number of hydrogen-bond donors (Lipinski definition) is 2. The lowest BCUT2D eigenvalue weighted by Gasteiger charge is -2.24. The molecule has 0 heterocycles. The first-order chi connectivity index (χ1) is 16.6. The normalized spacial score (nSPS) is 10.9. The van der Waals surface area contributed by atoms with Crippen molar-refractivity contribution in [1.82, 2.24) is 0 Å². The highest BCUT2D eigenvalue weighted by Crippen LogP contribution is 2.29. The fourth-order valence-electron chi connectivity index (χ4n) is 3.31. The van der Waals surface area contributed by atoms with E-state index in [0.29, 0.717) is 22.9 Å². The third-order valence-electron chi connectivity index (χ3n) is 5.05. The molecule has 0 bridgehead atoms. The first-order valence-corrected chi connectivity index (χ1v) is 12.1. The zero-order chi connectivity index (χ0) is 25.6. The molecule has 0 unspecified atom stereocenters. The quantitative estimate of drug-likeness (QED) is 0.465. The Morgan fingerprint density at radius 2 is 1.54 bits per heavy atom. The first kappa shape index (κ1) is 25.6. The molecule has 0 atom stereocenters. The molecule has 0 aliphatic heterocycles. The predicted octanol–water partition coefficient (Wildman–Crippen LogP) is 3.80. The molecule has 3 aromatic carbocycles. The Labute approximate surface area is 204 Å². The van der Waals surface area contributed by atoms with Crippen molar-refractivity contribution < 1.29 is 27.5 Å². The fraction of sp³-hybridized carbons (Fsp3) is 0.200. The van der Waals surface area contributed by atoms with Crippen molar-refractivity contribution in [1.29, 1.82) is 0 Å². The molecule has 0 saturated heterocycles. The van der Waals surface area contributed by atoms with Crippen LogP contribution in [0, 0.1) is 6.92 Å². The maximum Gasteiger partial charge on any atom is 0.264 e. The molecular weight excluding hydrogens is 470 g/mol. The second-order valence-electron chi connectivity index (χ2n) is 7.67. The number of amides is 2. The van der Waals surface area contributed by atoms with E-state index in [-0.39, 0.29) is 16.5 Å². The van der Waals surface area contributed by atoms with E-state index in [1.54, 1.807) is 48.5 Å². The van der Waals surface area contributed by atoms with E-state index in [2.05, 4.69) is 10.6 Å². The van der Waals surface area contributed by atoms with Crippen LogP contribution in [0.4, 0.5) is 17.1 Å². The second-order valence-corrected chi connectivity index (χ2v) is 9.53. The highest BCUT2D eigenvalue weighted by molar-refractivity contribution is 7.92. The number of aryl methyl sites for hydroxylation is 1. The van der Waals surface area contributed by atoms with Gasteiger partial charge in [0.15, 0.2) is 0 Å². The van der Waals surface area contributed by atoms with Crippen LogP contribution in [-0.4, -0.2) is 41.0 Å². The van der Waals surface area contributed by atoms with E-state index >= 15 is 0 Å². The molecule has 0 radical (unpaired) electrons. The SMILES string of the molecule is COc1ccc(N(CC(=O)Nc2cc(NC(C)=O)ccc2OC)S(=O)(=O)c2ccc(C)cc2)cc1. The zero-order valence-corrected chi connectivity index (χ0v) is 20.7. The van der Waals surface area contributed by atoms with Gasteiger partial charge in [-0.05, 0) is 61.5 Å². The van der Waals surface area contributed by atoms with Crippen LogP contribution >= 0.6 is 0 Å². The summed E-state index contributed by atoms with van der Waals surface area (Å²) in [6, 6.07) is 17.5. The molecular formula is C25H27N3O6S. The van der Waals surface area contributed by atoms with Crippen molar-refractivity contribution in [3.8, 4) is 11.5 Å². The Kier molecular flexibility index (Phi) is 7.98. The van der Waals surface area contributed by atoms with Gasteiger partial charge in [0.2, 0.25) is 11.8 Å². The van der Waals surface area contributed by atoms with Crippen molar-refractivity contribution in [2.75, 3.05) is 35.7 Å². The summed E-state index contributed by atoms with van der Waals surface area (Å²) in [6.45, 7) is 2.72. The topological polar surface area (TPSA) is 114 Å². The number of sulfonamides is 1. The van der Waals surface area contributed by atoms with Crippen LogP contribution in [-0.2, 0) is 19.6 Å². The Balaban J connectivity index is 1.95. The molecule has 0 saturated carbocycles. The minimum absolute atomic E-state index is 0.0527. The molecule has 0 spiro atoms. The predicted molar refractivity (Wildman–Crippen MR) is 135 cm³/mol. The molecule has 0 fully saturated rings. The third-order valence-corrected chi connectivity index (χ3v) is 6.84. The molecule has 3 rings (SSSR count). The van der Waals surface area contributed by atoms with Gasteiger partial charge < -0.3 is 20.1 Å². The lowest BCUT2D eigenvalue weighted by atomic mass is 10.2. The second kappa shape index (κ2) is 10.9. The molecule has 0 aliphatic carbocycles. The number of nitrogens with zero attached hydrogens (tertiary/aromatic N) is 1. The van der Waals surface area contributed by atoms with E-state index in [9.17, 15) is 18.0 Å². The van der Waals surface area contributed by atoms with E-state index in [1.165, 1.54) is 39.3 Å². The first-order valence-electron chi connectivity index (χ1n) is 10.6. The molecule has 10 heteroatoms. The standard InChI is InChI=1S/C25H27N3O6S/c1-17-5-12-22(13-6-17)35(31,32)28(20-8-10-21(33-3)11-9-20)16-25(30)27-23-15-19(26-18(2)29)7-14-24(23)34-4/h5-15H,16H2,1-4H3,(H,26,29)(H,27,30). The lowest BCUT2D eigenvalue weighted by molar-refractivity contribution is -0.115. The number of anilines is 3. The van der Waals surface area contributed by atoms with Gasteiger partial charge in [-0.1, -0.05) is 17.7 Å². The minimum Gasteiger partial charge on any atom is -0.497 e. The number of carbonyl (C=O) groups excluding carboxylic acids is 2. The summed E-state index contributed by atoms with van der Waals surface area (Å²) in [6.07, 6.45) is 0. The van der Waals surface area contributed by atoms with E-state index in [4.69, 9.17) is 9.47 Å². The molecule has 2 N–H and O–H groups in total. The number of nitrogens with one attached hydrogen (secondary N) is 2. The smallest absolute Gasteiger partial charge is 0.264 e. The van der Waals surface area contributed by atoms with E-state index in [1.807, 2.05) is 6.92 Å². The summed E-state index contributed by atoms with van der Waals surface area (Å²) in [5, 5.41) is 5.32. The molecule has 0 aliphatic rings. The van der Waals surface area contributed by atoms with Gasteiger partial charge in [-0.2, -0.15) is 0 Å². The Hall–Kier alpha value is -4.05. The van der Waals surface area contributed by atoms with Gasteiger partial charge in [0.25, 0.3) is 10.0 Å². The number of benzene rings is 3. The van der Waals surface area contributed by atoms with Gasteiger partial charge in [0.05, 0.1) is 30.5 Å². The van der Waals surface area contributed by atoms with Gasteiger partial charge in [-0.15, -0.1) is 0 Å². The number of rotatable bonds is 9. The largest absolute Gasteiger partial charge is 0.497 e. The summed E-state index contributed by atoms with van der Waals surface area (Å²) >= 11 is 0. The van der Waals surface area contributed by atoms with Crippen molar-refractivity contribution in [2.45, 2.75) is 18.7 Å². The molecule has 35 heavy (non-hydrogen) atoms. The van der Waals surface area contributed by atoms with Crippen LogP contribution in [0.2, 0.25) is 0 Å². The van der Waals surface area contributed by atoms with E-state index < -0.39 is 22.5 Å². The van der Waals surface area contributed by atoms with Crippen LogP contribution in [0.3, 0.4) is 0 Å². The average molecular weight is 498 g/mol. The van der Waals surface area contributed by atoms with Crippen LogP contribution in [0.15, 0.2) is 71.6 Å². The summed E-state index contributed by atoms with van der Waals surface area (Å²) in [5.74, 6) is 0.0207. The molecule has 9 nitrogen and oxygen atoms in total. The fourth-order valence-corrected chi connectivity index (χ4v) is 4.73. The number of carbonyl (C=O) groups is 2. The lowest BCUT2D eigenvalue weighted by Crippen LogP contribution is -2.38. The van der Waals surface area contributed by atoms with Crippen LogP contribution in [0.5, 0.6) is 11.5 Å². The average Bonchev–Trinajstić information content (AvgIpc) is 2.82. The maximum atomic E-state index is 13.5. The number of hydrogen-bond acceptors (Lipinski definition) is 6. The number of methoxy groups -OCH3 is 2. The van der Waals surface area contributed by atoms with Crippen LogP contribution < -0.4 is 24.4 Å². The minimum atomic E-state index is -4.07. The highest BCUT2D eigenvalue weighted by Gasteiger charge is 2.27. The van der Waals surface area contributed by atoms with Crippen molar-refractivity contribution in [3.05, 3.63) is 72.3 Å². The zero-order valence-electron chi connectivity index (χ0n) is 19.9. The Morgan fingerprint density at radius 3 is 2.11 bits per heavy atom. The highest BCUT2D eigenvalue weighted by atomic mass is 32.2. The van der Waals surface area contributed by atoms with Crippen LogP contribution in [0.1, 0.15) is 12.5 Å². The van der Waals surface area contributed by atoms with Gasteiger partial charge in [-0.25, -0.2) is 8.42 Å². The van der Waals surface area contributed by atoms with Gasteiger partial charge >= 0.3 is 0 Å². The molecule has 184 valence electrons. The van der Waals surface area contributed by atoms with Crippen molar-refractivity contribution in [2.24, 2.45) is 0 Å². The summed E-state index contributed by atoms with van der Waals surface area (Å²) in [7, 11) is -1.13. The molecule has 2 amide bonds. The summed E-state index contributed by atoms with van der Waals surface area (Å²) in [4.78, 5) is 24.5. The third kappa shape index (κ3) is 6.30. The number of ether oxygens (including phenoxy) is 2. The van der Waals surface area contributed by atoms with Crippen molar-refractivity contribution in [3.63, 3.8) is 0 Å². The molecule has 0 aromatic heterocycles. The van der Waals surface area contributed by atoms with Crippen LogP contribution in [0.25, 0.3) is 0 Å². The summed E-state index contributed by atoms with van der Waals surface area (Å²) in [5.41, 5.74) is 1.93. The summed E-state index contributed by atoms with van der Waals surface area (Å²) < 4.78 is 38.5. The monoisotopic (exact) mass is 497 g/mol. The van der Waals surface area contributed by atoms with Gasteiger partial charge in [-0.3, -0.25) is 13.9 Å². The van der Waals surface area contributed by atoms with Gasteiger partial charge in [0.1, 0.15) is 18.0 Å². The van der Waals surface area contributed by atoms with Crippen molar-refractivity contribution >= 4 is 38.9 Å². The van der Waals surface area contributed by atoms with E-state index in [0.717, 1.165) is 9.87 Å². The maximum absolute atomic E-state index is 13.5. The Bertz CT molecular complexity index is 1310. The molecule has 3 aromatic rings.